The highest BCUT2D eigenvalue weighted by molar-refractivity contribution is 7.89. The first-order chi connectivity index (χ1) is 15.9. The molecule has 0 saturated carbocycles. The van der Waals surface area contributed by atoms with Crippen LogP contribution in [-0.4, -0.2) is 23.4 Å². The van der Waals surface area contributed by atoms with Gasteiger partial charge in [-0.05, 0) is 61.5 Å². The maximum atomic E-state index is 11.6. The van der Waals surface area contributed by atoms with Gasteiger partial charge in [-0.2, -0.15) is 4.98 Å². The van der Waals surface area contributed by atoms with Crippen LogP contribution in [0.1, 0.15) is 11.3 Å². The van der Waals surface area contributed by atoms with Crippen molar-refractivity contribution in [2.24, 2.45) is 5.14 Å². The van der Waals surface area contributed by atoms with E-state index in [2.05, 4.69) is 25.6 Å². The van der Waals surface area contributed by atoms with Crippen molar-refractivity contribution in [1.29, 1.82) is 0 Å². The van der Waals surface area contributed by atoms with Crippen molar-refractivity contribution in [3.05, 3.63) is 90.4 Å². The summed E-state index contributed by atoms with van der Waals surface area (Å²) >= 11 is 0. The molecule has 0 radical (unpaired) electrons. The Bertz CT molecular complexity index is 1350. The monoisotopic (exact) mass is 462 g/mol. The van der Waals surface area contributed by atoms with Gasteiger partial charge in [-0.15, -0.1) is 0 Å². The van der Waals surface area contributed by atoms with Gasteiger partial charge < -0.3 is 15.4 Å². The molecule has 4 N–H and O–H groups in total. The number of pyridine rings is 1. The van der Waals surface area contributed by atoms with Crippen LogP contribution >= 0.6 is 0 Å². The van der Waals surface area contributed by atoms with Crippen molar-refractivity contribution < 1.29 is 13.2 Å². The van der Waals surface area contributed by atoms with E-state index in [-0.39, 0.29) is 4.90 Å². The van der Waals surface area contributed by atoms with Crippen LogP contribution in [0.25, 0.3) is 0 Å². The van der Waals surface area contributed by atoms with Crippen LogP contribution in [0.15, 0.2) is 84.0 Å². The van der Waals surface area contributed by atoms with Gasteiger partial charge in [-0.3, -0.25) is 4.98 Å². The fraction of sp³-hybridized carbons (Fsp3) is 0.0870. The number of hydrogen-bond donors (Lipinski definition) is 3. The minimum atomic E-state index is -3.80. The van der Waals surface area contributed by atoms with Crippen LogP contribution in [0, 0.1) is 6.92 Å². The summed E-state index contributed by atoms with van der Waals surface area (Å²) in [5.74, 6) is 1.64. The molecule has 0 spiro atoms. The zero-order chi connectivity index (χ0) is 23.3. The number of rotatable bonds is 8. The maximum absolute atomic E-state index is 11.6. The Balaban J connectivity index is 1.44. The van der Waals surface area contributed by atoms with Gasteiger partial charge in [0.15, 0.2) is 0 Å². The summed E-state index contributed by atoms with van der Waals surface area (Å²) in [6.45, 7) is 2.28. The molecule has 0 saturated heterocycles. The lowest BCUT2D eigenvalue weighted by molar-refractivity contribution is 0.301. The second kappa shape index (κ2) is 9.63. The fourth-order valence-corrected chi connectivity index (χ4v) is 3.48. The van der Waals surface area contributed by atoms with Gasteiger partial charge in [-0.1, -0.05) is 12.1 Å². The number of nitrogens with one attached hydrogen (secondary N) is 2. The first-order valence-corrected chi connectivity index (χ1v) is 11.5. The van der Waals surface area contributed by atoms with Gasteiger partial charge in [0.2, 0.25) is 16.0 Å². The molecule has 0 amide bonds. The Morgan fingerprint density at radius 1 is 0.939 bits per heavy atom. The molecule has 0 atom stereocenters. The van der Waals surface area contributed by atoms with Gasteiger partial charge in [0.25, 0.3) is 0 Å². The third-order valence-corrected chi connectivity index (χ3v) is 5.53. The van der Waals surface area contributed by atoms with E-state index < -0.39 is 10.0 Å². The minimum absolute atomic E-state index is 0.00307. The lowest BCUT2D eigenvalue weighted by Crippen LogP contribution is -2.12. The third-order valence-electron chi connectivity index (χ3n) is 4.62. The van der Waals surface area contributed by atoms with Crippen molar-refractivity contribution in [3.8, 4) is 5.75 Å². The number of hydrogen-bond acceptors (Lipinski definition) is 8. The first kappa shape index (κ1) is 22.2. The lowest BCUT2D eigenvalue weighted by Gasteiger charge is -2.12. The number of anilines is 4. The summed E-state index contributed by atoms with van der Waals surface area (Å²) in [4.78, 5) is 13.0. The molecule has 2 heterocycles. The van der Waals surface area contributed by atoms with E-state index in [1.54, 1.807) is 24.5 Å². The normalized spacial score (nSPS) is 11.1. The number of nitrogens with two attached hydrogens (primary N) is 1. The smallest absolute Gasteiger partial charge is 0.238 e. The van der Waals surface area contributed by atoms with E-state index >= 15 is 0 Å². The predicted octanol–water partition coefficient (Wildman–Crippen LogP) is 3.89. The second-order valence-corrected chi connectivity index (χ2v) is 8.74. The Morgan fingerprint density at radius 3 is 2.48 bits per heavy atom. The van der Waals surface area contributed by atoms with Gasteiger partial charge >= 0.3 is 0 Å². The summed E-state index contributed by atoms with van der Waals surface area (Å²) in [5.41, 5.74) is 3.02. The molecule has 0 fully saturated rings. The van der Waals surface area contributed by atoms with Crippen molar-refractivity contribution >= 4 is 33.2 Å². The molecule has 10 heteroatoms. The molecule has 33 heavy (non-hydrogen) atoms. The largest absolute Gasteiger partial charge is 0.487 e. The van der Waals surface area contributed by atoms with Gasteiger partial charge in [-0.25, -0.2) is 18.5 Å². The highest BCUT2D eigenvalue weighted by atomic mass is 32.2. The molecule has 9 nitrogen and oxygen atoms in total. The number of nitrogens with zero attached hydrogens (tertiary/aromatic N) is 3. The topological polar surface area (TPSA) is 132 Å². The number of ether oxygens (including phenoxy) is 1. The lowest BCUT2D eigenvalue weighted by atomic mass is 10.2. The highest BCUT2D eigenvalue weighted by Gasteiger charge is 2.10. The number of aryl methyl sites for hydroxylation is 1. The molecule has 0 unspecified atom stereocenters. The average molecular weight is 463 g/mol. The highest BCUT2D eigenvalue weighted by Crippen LogP contribution is 2.24. The molecule has 4 aromatic rings. The number of aromatic nitrogens is 3. The van der Waals surface area contributed by atoms with Crippen molar-refractivity contribution in [2.75, 3.05) is 10.6 Å². The SMILES string of the molecule is Cc1cnc(Nc2cccc(S(N)(=O)=O)c2)nc1Nc1ccc(OCc2ccccn2)cc1. The van der Waals surface area contributed by atoms with Crippen LogP contribution < -0.4 is 20.5 Å². The van der Waals surface area contributed by atoms with Crippen LogP contribution in [0.3, 0.4) is 0 Å². The van der Waals surface area contributed by atoms with E-state index in [0.717, 1.165) is 22.7 Å². The molecule has 0 aliphatic heterocycles. The first-order valence-electron chi connectivity index (χ1n) is 10.0. The van der Waals surface area contributed by atoms with Gasteiger partial charge in [0, 0.05) is 29.3 Å². The predicted molar refractivity (Wildman–Crippen MR) is 126 cm³/mol. The quantitative estimate of drug-likeness (QED) is 0.359. The molecule has 4 rings (SSSR count). The molecule has 168 valence electrons. The Kier molecular flexibility index (Phi) is 6.48. The van der Waals surface area contributed by atoms with E-state index in [0.29, 0.717) is 24.1 Å². The molecular weight excluding hydrogens is 440 g/mol. The summed E-state index contributed by atoms with van der Waals surface area (Å²) in [6, 6.07) is 19.3. The number of sulfonamides is 1. The van der Waals surface area contributed by atoms with Crippen LogP contribution in [0.4, 0.5) is 23.1 Å². The van der Waals surface area contributed by atoms with Crippen molar-refractivity contribution in [1.82, 2.24) is 15.0 Å². The van der Waals surface area contributed by atoms with Gasteiger partial charge in [0.1, 0.15) is 18.2 Å². The molecule has 0 bridgehead atoms. The zero-order valence-electron chi connectivity index (χ0n) is 17.8. The molecule has 0 aliphatic carbocycles. The van der Waals surface area contributed by atoms with E-state index in [1.165, 1.54) is 12.1 Å². The van der Waals surface area contributed by atoms with Crippen LogP contribution in [0.2, 0.25) is 0 Å². The van der Waals surface area contributed by atoms with E-state index in [9.17, 15) is 8.42 Å². The number of primary sulfonamides is 1. The molecule has 0 aliphatic rings. The van der Waals surface area contributed by atoms with Crippen molar-refractivity contribution in [3.63, 3.8) is 0 Å². The average Bonchev–Trinajstić information content (AvgIpc) is 2.81. The minimum Gasteiger partial charge on any atom is -0.487 e. The van der Waals surface area contributed by atoms with Gasteiger partial charge in [0.05, 0.1) is 10.6 Å². The fourth-order valence-electron chi connectivity index (χ4n) is 2.92. The second-order valence-electron chi connectivity index (χ2n) is 7.18. The standard InChI is InChI=1S/C23H22N6O3S/c1-16-14-26-23(28-18-6-4-7-21(13-18)33(24,30)31)29-22(16)27-17-8-10-20(11-9-17)32-15-19-5-2-3-12-25-19/h2-14H,15H2,1H3,(H2,24,30,31)(H2,26,27,28,29). The Morgan fingerprint density at radius 2 is 1.76 bits per heavy atom. The molecule has 2 aromatic carbocycles. The van der Waals surface area contributed by atoms with Crippen molar-refractivity contribution in [2.45, 2.75) is 18.4 Å². The summed E-state index contributed by atoms with van der Waals surface area (Å²) in [6.07, 6.45) is 3.40. The van der Waals surface area contributed by atoms with E-state index in [1.807, 2.05) is 49.4 Å². The van der Waals surface area contributed by atoms with Crippen LogP contribution in [-0.2, 0) is 16.6 Å². The Labute approximate surface area is 191 Å². The number of benzene rings is 2. The molecule has 2 aromatic heterocycles. The Hall–Kier alpha value is -4.02. The maximum Gasteiger partial charge on any atom is 0.238 e. The van der Waals surface area contributed by atoms with Crippen LogP contribution in [0.5, 0.6) is 5.75 Å². The van der Waals surface area contributed by atoms with E-state index in [4.69, 9.17) is 9.88 Å². The third kappa shape index (κ3) is 6.03. The molecular formula is C23H22N6O3S. The zero-order valence-corrected chi connectivity index (χ0v) is 18.6. The summed E-state index contributed by atoms with van der Waals surface area (Å²) in [7, 11) is -3.80. The summed E-state index contributed by atoms with van der Waals surface area (Å²) in [5, 5.41) is 11.5. The summed E-state index contributed by atoms with van der Waals surface area (Å²) < 4.78 is 28.9.